The number of ether oxygens (including phenoxy) is 1. The van der Waals surface area contributed by atoms with Gasteiger partial charge in [0, 0.05) is 0 Å². The predicted octanol–water partition coefficient (Wildman–Crippen LogP) is 0.966. The van der Waals surface area contributed by atoms with Crippen LogP contribution >= 0.6 is 0 Å². The average Bonchev–Trinajstić information content (AvgIpc) is 2.04. The zero-order chi connectivity index (χ0) is 10.9. The topological polar surface area (TPSA) is 55.4 Å². The lowest BCUT2D eigenvalue weighted by Gasteiger charge is -2.26. The van der Waals surface area contributed by atoms with Crippen molar-refractivity contribution in [2.45, 2.75) is 5.25 Å². The number of rotatable bonds is 3. The predicted molar refractivity (Wildman–Crippen MR) is 53.5 cm³/mol. The second-order valence-corrected chi connectivity index (χ2v) is 5.25. The Bertz CT molecular complexity index is 456. The van der Waals surface area contributed by atoms with E-state index in [1.807, 2.05) is 0 Å². The number of hydrogen-bond acceptors (Lipinski definition) is 3. The fourth-order valence-electron chi connectivity index (χ4n) is 1.17. The number of anilines is 1. The van der Waals surface area contributed by atoms with Crippen LogP contribution in [0.1, 0.15) is 0 Å². The van der Waals surface area contributed by atoms with Crippen LogP contribution in [0.3, 0.4) is 0 Å². The summed E-state index contributed by atoms with van der Waals surface area (Å²) in [6.45, 7) is 0.341. The highest BCUT2D eigenvalue weighted by Gasteiger charge is 2.32. The van der Waals surface area contributed by atoms with Gasteiger partial charge >= 0.3 is 0 Å². The molecule has 1 fully saturated rings. The van der Waals surface area contributed by atoms with Crippen molar-refractivity contribution in [1.29, 1.82) is 0 Å². The van der Waals surface area contributed by atoms with Gasteiger partial charge in [0.05, 0.1) is 18.9 Å². The molecule has 82 valence electrons. The summed E-state index contributed by atoms with van der Waals surface area (Å²) in [4.78, 5) is 0. The lowest BCUT2D eigenvalue weighted by molar-refractivity contribution is 0.0418. The van der Waals surface area contributed by atoms with Crippen LogP contribution in [-0.2, 0) is 14.8 Å². The van der Waals surface area contributed by atoms with Crippen LogP contribution < -0.4 is 4.72 Å². The highest BCUT2D eigenvalue weighted by Crippen LogP contribution is 2.19. The van der Waals surface area contributed by atoms with E-state index in [0.29, 0.717) is 0 Å². The maximum Gasteiger partial charge on any atom is 0.240 e. The van der Waals surface area contributed by atoms with E-state index in [4.69, 9.17) is 4.74 Å². The van der Waals surface area contributed by atoms with Gasteiger partial charge in [-0.2, -0.15) is 0 Å². The second kappa shape index (κ2) is 3.79. The summed E-state index contributed by atoms with van der Waals surface area (Å²) in [5.74, 6) is -0.582. The zero-order valence-electron chi connectivity index (χ0n) is 7.81. The quantitative estimate of drug-likeness (QED) is 0.843. The molecule has 1 heterocycles. The Hall–Kier alpha value is -1.14. The van der Waals surface area contributed by atoms with Gasteiger partial charge in [-0.05, 0) is 12.1 Å². The molecule has 6 heteroatoms. The second-order valence-electron chi connectivity index (χ2n) is 3.29. The molecule has 0 atom stereocenters. The molecular weight excluding hydrogens is 221 g/mol. The van der Waals surface area contributed by atoms with Crippen LogP contribution in [0.2, 0.25) is 0 Å². The van der Waals surface area contributed by atoms with Crippen molar-refractivity contribution in [3.8, 4) is 0 Å². The van der Waals surface area contributed by atoms with Crippen molar-refractivity contribution >= 4 is 15.7 Å². The molecule has 1 N–H and O–H groups in total. The molecule has 0 bridgehead atoms. The first-order valence-corrected chi connectivity index (χ1v) is 5.98. The average molecular weight is 231 g/mol. The number of sulfonamides is 1. The Morgan fingerprint density at radius 3 is 2.53 bits per heavy atom. The van der Waals surface area contributed by atoms with Gasteiger partial charge in [0.15, 0.2) is 0 Å². The third-order valence-corrected chi connectivity index (χ3v) is 3.83. The number of para-hydroxylation sites is 1. The molecule has 0 unspecified atom stereocenters. The fraction of sp³-hybridized carbons (Fsp3) is 0.333. The smallest absolute Gasteiger partial charge is 0.240 e. The van der Waals surface area contributed by atoms with Gasteiger partial charge in [-0.3, -0.25) is 4.72 Å². The van der Waals surface area contributed by atoms with Crippen LogP contribution in [0.4, 0.5) is 10.1 Å². The number of nitrogens with one attached hydrogen (secondary N) is 1. The summed E-state index contributed by atoms with van der Waals surface area (Å²) in [6.07, 6.45) is 0. The summed E-state index contributed by atoms with van der Waals surface area (Å²) in [5.41, 5.74) is -0.0237. The van der Waals surface area contributed by atoms with E-state index in [9.17, 15) is 12.8 Å². The van der Waals surface area contributed by atoms with Crippen LogP contribution in [0, 0.1) is 5.82 Å². The zero-order valence-corrected chi connectivity index (χ0v) is 8.63. The van der Waals surface area contributed by atoms with Crippen molar-refractivity contribution < 1.29 is 17.5 Å². The summed E-state index contributed by atoms with van der Waals surface area (Å²) < 4.78 is 43.3. The fourth-order valence-corrected chi connectivity index (χ4v) is 2.36. The third-order valence-electron chi connectivity index (χ3n) is 2.17. The molecule has 1 aliphatic rings. The van der Waals surface area contributed by atoms with Gasteiger partial charge in [-0.25, -0.2) is 12.8 Å². The SMILES string of the molecule is O=S(=O)(Nc1ccccc1F)C1COC1. The minimum absolute atomic E-state index is 0.0237. The molecule has 4 nitrogen and oxygen atoms in total. The molecule has 0 aromatic heterocycles. The Balaban J connectivity index is 2.18. The Labute approximate surface area is 87.1 Å². The van der Waals surface area contributed by atoms with Crippen molar-refractivity contribution in [2.75, 3.05) is 17.9 Å². The van der Waals surface area contributed by atoms with Gasteiger partial charge in [0.1, 0.15) is 11.1 Å². The van der Waals surface area contributed by atoms with Crippen LogP contribution in [0.25, 0.3) is 0 Å². The van der Waals surface area contributed by atoms with E-state index in [2.05, 4.69) is 4.72 Å². The Kier molecular flexibility index (Phi) is 2.62. The Morgan fingerprint density at radius 2 is 2.00 bits per heavy atom. The molecule has 15 heavy (non-hydrogen) atoms. The molecule has 1 aromatic rings. The first-order valence-electron chi connectivity index (χ1n) is 4.43. The lowest BCUT2D eigenvalue weighted by Crippen LogP contribution is -2.43. The third kappa shape index (κ3) is 2.10. The maximum atomic E-state index is 13.1. The van der Waals surface area contributed by atoms with Crippen molar-refractivity contribution in [1.82, 2.24) is 0 Å². The van der Waals surface area contributed by atoms with Crippen molar-refractivity contribution in [2.24, 2.45) is 0 Å². The van der Waals surface area contributed by atoms with E-state index in [1.54, 1.807) is 6.07 Å². The molecule has 0 amide bonds. The summed E-state index contributed by atoms with van der Waals surface area (Å²) >= 11 is 0. The first kappa shape index (κ1) is 10.4. The number of hydrogen-bond donors (Lipinski definition) is 1. The molecule has 0 saturated carbocycles. The molecular formula is C9H10FNO3S. The molecule has 0 spiro atoms. The van der Waals surface area contributed by atoms with Gasteiger partial charge in [0.2, 0.25) is 10.0 Å². The van der Waals surface area contributed by atoms with Crippen LogP contribution in [0.15, 0.2) is 24.3 Å². The van der Waals surface area contributed by atoms with E-state index in [0.717, 1.165) is 0 Å². The highest BCUT2D eigenvalue weighted by atomic mass is 32.2. The van der Waals surface area contributed by atoms with Crippen molar-refractivity contribution in [3.63, 3.8) is 0 Å². The molecule has 0 radical (unpaired) electrons. The van der Waals surface area contributed by atoms with Crippen molar-refractivity contribution in [3.05, 3.63) is 30.1 Å². The molecule has 1 saturated heterocycles. The maximum absolute atomic E-state index is 13.1. The largest absolute Gasteiger partial charge is 0.378 e. The molecule has 1 aromatic carbocycles. The van der Waals surface area contributed by atoms with E-state index >= 15 is 0 Å². The van der Waals surface area contributed by atoms with E-state index in [1.165, 1.54) is 18.2 Å². The van der Waals surface area contributed by atoms with Crippen LogP contribution in [0.5, 0.6) is 0 Å². The summed E-state index contributed by atoms with van der Waals surface area (Å²) in [5, 5.41) is -0.572. The lowest BCUT2D eigenvalue weighted by atomic mass is 10.3. The van der Waals surface area contributed by atoms with Gasteiger partial charge in [-0.1, -0.05) is 12.1 Å². The molecule has 1 aliphatic heterocycles. The first-order chi connectivity index (χ1) is 7.09. The molecule has 2 rings (SSSR count). The van der Waals surface area contributed by atoms with Gasteiger partial charge < -0.3 is 4.74 Å². The number of halogens is 1. The minimum Gasteiger partial charge on any atom is -0.378 e. The summed E-state index contributed by atoms with van der Waals surface area (Å²) in [7, 11) is -3.51. The standard InChI is InChI=1S/C9H10FNO3S/c10-8-3-1-2-4-9(8)11-15(12,13)7-5-14-6-7/h1-4,7,11H,5-6H2. The summed E-state index contributed by atoms with van der Waals surface area (Å²) in [6, 6.07) is 5.65. The Morgan fingerprint density at radius 1 is 1.33 bits per heavy atom. The monoisotopic (exact) mass is 231 g/mol. The van der Waals surface area contributed by atoms with Crippen LogP contribution in [-0.4, -0.2) is 26.9 Å². The van der Waals surface area contributed by atoms with E-state index in [-0.39, 0.29) is 18.9 Å². The van der Waals surface area contributed by atoms with Gasteiger partial charge in [0.25, 0.3) is 0 Å². The van der Waals surface area contributed by atoms with Gasteiger partial charge in [-0.15, -0.1) is 0 Å². The highest BCUT2D eigenvalue weighted by molar-refractivity contribution is 7.93. The minimum atomic E-state index is -3.51. The number of benzene rings is 1. The normalized spacial score (nSPS) is 17.1. The van der Waals surface area contributed by atoms with E-state index < -0.39 is 21.1 Å². The molecule has 0 aliphatic carbocycles.